The van der Waals surface area contributed by atoms with E-state index in [1.165, 1.54) is 6.07 Å². The van der Waals surface area contributed by atoms with Crippen LogP contribution in [0.15, 0.2) is 64.1 Å². The Bertz CT molecular complexity index is 982. The van der Waals surface area contributed by atoms with E-state index in [-0.39, 0.29) is 11.4 Å². The number of benzene rings is 2. The van der Waals surface area contributed by atoms with Crippen molar-refractivity contribution in [3.05, 3.63) is 64.8 Å². The number of nitrogens with zero attached hydrogens (tertiary/aromatic N) is 1. The Morgan fingerprint density at radius 3 is 2.58 bits per heavy atom. The molecule has 0 aliphatic heterocycles. The van der Waals surface area contributed by atoms with Crippen molar-refractivity contribution < 1.29 is 13.5 Å². The average Bonchev–Trinajstić information content (AvgIpc) is 2.90. The van der Waals surface area contributed by atoms with E-state index in [0.717, 1.165) is 10.9 Å². The summed E-state index contributed by atoms with van der Waals surface area (Å²) in [4.78, 5) is 0.148. The Labute approximate surface area is 149 Å². The van der Waals surface area contributed by atoms with Crippen LogP contribution in [-0.2, 0) is 17.1 Å². The van der Waals surface area contributed by atoms with Gasteiger partial charge in [-0.25, -0.2) is 13.1 Å². The molecule has 3 aromatic rings. The number of aryl methyl sites for hydroxylation is 1. The number of aliphatic hydroxyl groups excluding tert-OH is 1. The third-order valence-corrected chi connectivity index (χ3v) is 6.32. The van der Waals surface area contributed by atoms with Crippen LogP contribution in [-0.4, -0.2) is 24.6 Å². The van der Waals surface area contributed by atoms with Gasteiger partial charge in [-0.1, -0.05) is 30.3 Å². The second-order valence-corrected chi connectivity index (χ2v) is 8.10. The Morgan fingerprint density at radius 2 is 1.83 bits per heavy atom. The van der Waals surface area contributed by atoms with Crippen LogP contribution in [0.25, 0.3) is 10.9 Å². The van der Waals surface area contributed by atoms with Crippen molar-refractivity contribution in [2.75, 3.05) is 6.54 Å². The fraction of sp³-hybridized carbons (Fsp3) is 0.176. The van der Waals surface area contributed by atoms with Crippen molar-refractivity contribution in [3.63, 3.8) is 0 Å². The number of hydrogen-bond donors (Lipinski definition) is 2. The average molecular weight is 409 g/mol. The molecule has 1 atom stereocenters. The summed E-state index contributed by atoms with van der Waals surface area (Å²) >= 11 is 3.23. The molecule has 0 bridgehead atoms. The van der Waals surface area contributed by atoms with Crippen molar-refractivity contribution in [1.82, 2.24) is 9.29 Å². The van der Waals surface area contributed by atoms with Gasteiger partial charge in [0.25, 0.3) is 0 Å². The lowest BCUT2D eigenvalue weighted by Gasteiger charge is -2.12. The summed E-state index contributed by atoms with van der Waals surface area (Å²) in [5.74, 6) is 0. The molecular weight excluding hydrogens is 392 g/mol. The van der Waals surface area contributed by atoms with E-state index >= 15 is 0 Å². The maximum absolute atomic E-state index is 12.4. The molecule has 1 heterocycles. The number of aromatic nitrogens is 1. The molecule has 0 saturated heterocycles. The number of rotatable bonds is 5. The SMILES string of the molecule is Cn1cc(C(O)CNS(=O)(=O)c2ccccc2Br)c2ccccc21. The number of halogens is 1. The van der Waals surface area contributed by atoms with Gasteiger partial charge in [-0.05, 0) is 34.1 Å². The van der Waals surface area contributed by atoms with Crippen LogP contribution in [0, 0.1) is 0 Å². The molecule has 0 saturated carbocycles. The van der Waals surface area contributed by atoms with Gasteiger partial charge in [-0.2, -0.15) is 0 Å². The summed E-state index contributed by atoms with van der Waals surface area (Å²) in [7, 11) is -1.81. The first-order chi connectivity index (χ1) is 11.4. The van der Waals surface area contributed by atoms with Crippen molar-refractivity contribution in [2.45, 2.75) is 11.0 Å². The van der Waals surface area contributed by atoms with Gasteiger partial charge in [0.15, 0.2) is 0 Å². The molecule has 24 heavy (non-hydrogen) atoms. The molecular formula is C17H17BrN2O3S. The van der Waals surface area contributed by atoms with Gasteiger partial charge in [0.2, 0.25) is 10.0 Å². The predicted molar refractivity (Wildman–Crippen MR) is 97.2 cm³/mol. The molecule has 0 aliphatic rings. The van der Waals surface area contributed by atoms with Crippen LogP contribution in [0.5, 0.6) is 0 Å². The smallest absolute Gasteiger partial charge is 0.241 e. The largest absolute Gasteiger partial charge is 0.387 e. The summed E-state index contributed by atoms with van der Waals surface area (Å²) in [5, 5.41) is 11.4. The fourth-order valence-corrected chi connectivity index (χ4v) is 4.72. The van der Waals surface area contributed by atoms with E-state index in [0.29, 0.717) is 10.0 Å². The van der Waals surface area contributed by atoms with Gasteiger partial charge in [0, 0.05) is 40.7 Å². The van der Waals surface area contributed by atoms with E-state index in [9.17, 15) is 13.5 Å². The highest BCUT2D eigenvalue weighted by molar-refractivity contribution is 9.10. The molecule has 126 valence electrons. The molecule has 3 rings (SSSR count). The highest BCUT2D eigenvalue weighted by atomic mass is 79.9. The normalized spacial score (nSPS) is 13.3. The topological polar surface area (TPSA) is 71.3 Å². The van der Waals surface area contributed by atoms with Gasteiger partial charge in [-0.15, -0.1) is 0 Å². The van der Waals surface area contributed by atoms with E-state index in [1.54, 1.807) is 18.2 Å². The molecule has 1 unspecified atom stereocenters. The van der Waals surface area contributed by atoms with Crippen molar-refractivity contribution in [3.8, 4) is 0 Å². The molecule has 5 nitrogen and oxygen atoms in total. The molecule has 7 heteroatoms. The zero-order valence-corrected chi connectivity index (χ0v) is 15.4. The molecule has 0 spiro atoms. The first kappa shape index (κ1) is 17.2. The zero-order chi connectivity index (χ0) is 17.3. The number of para-hydroxylation sites is 1. The van der Waals surface area contributed by atoms with Crippen LogP contribution in [0.4, 0.5) is 0 Å². The Balaban J connectivity index is 1.82. The lowest BCUT2D eigenvalue weighted by molar-refractivity contribution is 0.183. The van der Waals surface area contributed by atoms with E-state index in [1.807, 2.05) is 42.1 Å². The molecule has 0 aliphatic carbocycles. The third-order valence-electron chi connectivity index (χ3n) is 3.88. The van der Waals surface area contributed by atoms with Gasteiger partial charge in [0.05, 0.1) is 11.0 Å². The number of nitrogens with one attached hydrogen (secondary N) is 1. The first-order valence-electron chi connectivity index (χ1n) is 7.36. The highest BCUT2D eigenvalue weighted by Gasteiger charge is 2.20. The summed E-state index contributed by atoms with van der Waals surface area (Å²) in [6.45, 7) is -0.0995. The van der Waals surface area contributed by atoms with E-state index in [4.69, 9.17) is 0 Å². The van der Waals surface area contributed by atoms with Gasteiger partial charge in [0.1, 0.15) is 0 Å². The van der Waals surface area contributed by atoms with E-state index < -0.39 is 16.1 Å². The monoisotopic (exact) mass is 408 g/mol. The zero-order valence-electron chi connectivity index (χ0n) is 13.0. The lowest BCUT2D eigenvalue weighted by Crippen LogP contribution is -2.28. The minimum absolute atomic E-state index is 0.0995. The second kappa shape index (κ2) is 6.68. The summed E-state index contributed by atoms with van der Waals surface area (Å²) < 4.78 is 29.7. The minimum Gasteiger partial charge on any atom is -0.387 e. The van der Waals surface area contributed by atoms with Gasteiger partial charge in [-0.3, -0.25) is 0 Å². The predicted octanol–water partition coefficient (Wildman–Crippen LogP) is 2.95. The quantitative estimate of drug-likeness (QED) is 0.681. The molecule has 0 amide bonds. The van der Waals surface area contributed by atoms with Crippen molar-refractivity contribution in [1.29, 1.82) is 0 Å². The maximum atomic E-state index is 12.4. The number of fused-ring (bicyclic) bond motifs is 1. The Kier molecular flexibility index (Phi) is 4.78. The van der Waals surface area contributed by atoms with Crippen LogP contribution < -0.4 is 4.72 Å². The van der Waals surface area contributed by atoms with Crippen LogP contribution >= 0.6 is 15.9 Å². The summed E-state index contributed by atoms with van der Waals surface area (Å²) in [6.07, 6.45) is 0.885. The minimum atomic E-state index is -3.70. The first-order valence-corrected chi connectivity index (χ1v) is 9.64. The lowest BCUT2D eigenvalue weighted by atomic mass is 10.1. The number of aliphatic hydroxyl groups is 1. The molecule has 2 aromatic carbocycles. The molecule has 1 aromatic heterocycles. The fourth-order valence-electron chi connectivity index (χ4n) is 2.68. The van der Waals surface area contributed by atoms with Crippen molar-refractivity contribution in [2.24, 2.45) is 7.05 Å². The Hall–Kier alpha value is -1.67. The highest BCUT2D eigenvalue weighted by Crippen LogP contribution is 2.26. The second-order valence-electron chi connectivity index (χ2n) is 5.51. The van der Waals surface area contributed by atoms with Crippen LogP contribution in [0.3, 0.4) is 0 Å². The Morgan fingerprint density at radius 1 is 1.17 bits per heavy atom. The van der Waals surface area contributed by atoms with Crippen molar-refractivity contribution >= 4 is 36.9 Å². The van der Waals surface area contributed by atoms with E-state index in [2.05, 4.69) is 20.7 Å². The standard InChI is InChI=1S/C17H17BrN2O3S/c1-20-11-13(12-6-2-4-8-15(12)20)16(21)10-19-24(22,23)17-9-5-3-7-14(17)18/h2-9,11,16,19,21H,10H2,1H3. The molecule has 0 fully saturated rings. The molecule has 0 radical (unpaired) electrons. The maximum Gasteiger partial charge on any atom is 0.241 e. The van der Waals surface area contributed by atoms with Gasteiger partial charge >= 0.3 is 0 Å². The third kappa shape index (κ3) is 3.25. The van der Waals surface area contributed by atoms with Crippen LogP contribution in [0.1, 0.15) is 11.7 Å². The number of sulfonamides is 1. The number of hydrogen-bond acceptors (Lipinski definition) is 3. The van der Waals surface area contributed by atoms with Gasteiger partial charge < -0.3 is 9.67 Å². The molecule has 2 N–H and O–H groups in total. The summed E-state index contributed by atoms with van der Waals surface area (Å²) in [5.41, 5.74) is 1.68. The summed E-state index contributed by atoms with van der Waals surface area (Å²) in [6, 6.07) is 14.3. The van der Waals surface area contributed by atoms with Crippen LogP contribution in [0.2, 0.25) is 0 Å².